The highest BCUT2D eigenvalue weighted by Crippen LogP contribution is 2.17. The lowest BCUT2D eigenvalue weighted by Gasteiger charge is -2.22. The van der Waals surface area contributed by atoms with Gasteiger partial charge in [-0.05, 0) is 11.1 Å². The molecule has 3 rings (SSSR count). The van der Waals surface area contributed by atoms with Crippen LogP contribution < -0.4 is 4.90 Å². The normalized spacial score (nSPS) is 10.4. The van der Waals surface area contributed by atoms with Crippen LogP contribution in [0.3, 0.4) is 0 Å². The average molecular weight is 263 g/mol. The van der Waals surface area contributed by atoms with Crippen molar-refractivity contribution in [3.05, 3.63) is 84.1 Å². The van der Waals surface area contributed by atoms with Crippen molar-refractivity contribution in [2.45, 2.75) is 13.1 Å². The molecule has 0 spiro atoms. The Morgan fingerprint density at radius 3 is 1.75 bits per heavy atom. The van der Waals surface area contributed by atoms with Gasteiger partial charge in [0.05, 0.1) is 0 Å². The molecule has 2 aromatic carbocycles. The molecule has 0 bridgehead atoms. The van der Waals surface area contributed by atoms with Gasteiger partial charge in [-0.15, -0.1) is 0 Å². The molecule has 3 nitrogen and oxygen atoms in total. The quantitative estimate of drug-likeness (QED) is 0.762. The van der Waals surface area contributed by atoms with Crippen molar-refractivity contribution in [1.82, 2.24) is 10.2 Å². The van der Waals surface area contributed by atoms with Crippen LogP contribution in [0.25, 0.3) is 0 Å². The summed E-state index contributed by atoms with van der Waals surface area (Å²) in [5.74, 6) is 0.970. The molecule has 0 aliphatic rings. The lowest BCUT2D eigenvalue weighted by molar-refractivity contribution is 0.779. The standard InChI is InChI=1S/C17H17N3/c1-3-7-15(8-4-1)13-20(17-11-12-18-19-17)14-16-9-5-2-6-10-16/h1-12H,13-14H2,(H,18,19). The van der Waals surface area contributed by atoms with Crippen molar-refractivity contribution in [2.24, 2.45) is 0 Å². The summed E-state index contributed by atoms with van der Waals surface area (Å²) in [5.41, 5.74) is 2.57. The fourth-order valence-electron chi connectivity index (χ4n) is 2.25. The third-order valence-electron chi connectivity index (χ3n) is 3.24. The molecule has 0 saturated carbocycles. The van der Waals surface area contributed by atoms with E-state index in [1.807, 2.05) is 24.4 Å². The van der Waals surface area contributed by atoms with E-state index in [4.69, 9.17) is 0 Å². The van der Waals surface area contributed by atoms with Crippen LogP contribution >= 0.6 is 0 Å². The van der Waals surface area contributed by atoms with E-state index >= 15 is 0 Å². The van der Waals surface area contributed by atoms with Gasteiger partial charge in [-0.2, -0.15) is 5.10 Å². The minimum Gasteiger partial charge on any atom is -0.347 e. The Balaban J connectivity index is 1.81. The molecule has 0 amide bonds. The van der Waals surface area contributed by atoms with Gasteiger partial charge < -0.3 is 4.90 Å². The van der Waals surface area contributed by atoms with Gasteiger partial charge in [0.2, 0.25) is 0 Å². The van der Waals surface area contributed by atoms with Gasteiger partial charge in [0.25, 0.3) is 0 Å². The molecule has 1 aromatic heterocycles. The summed E-state index contributed by atoms with van der Waals surface area (Å²) in [6.45, 7) is 1.70. The first kappa shape index (κ1) is 12.5. The SMILES string of the molecule is c1ccc(CN(Cc2ccccc2)c2cc[nH]n2)cc1. The smallest absolute Gasteiger partial charge is 0.150 e. The van der Waals surface area contributed by atoms with Gasteiger partial charge in [-0.1, -0.05) is 60.7 Å². The highest BCUT2D eigenvalue weighted by molar-refractivity contribution is 5.39. The number of nitrogens with zero attached hydrogens (tertiary/aromatic N) is 2. The third kappa shape index (κ3) is 3.06. The fraction of sp³-hybridized carbons (Fsp3) is 0.118. The molecule has 0 saturated heterocycles. The summed E-state index contributed by atoms with van der Waals surface area (Å²) in [7, 11) is 0. The number of benzene rings is 2. The van der Waals surface area contributed by atoms with Gasteiger partial charge in [-0.3, -0.25) is 5.10 Å². The van der Waals surface area contributed by atoms with Crippen molar-refractivity contribution in [3.63, 3.8) is 0 Å². The zero-order valence-corrected chi connectivity index (χ0v) is 11.2. The van der Waals surface area contributed by atoms with Crippen LogP contribution in [0, 0.1) is 0 Å². The Hall–Kier alpha value is -2.55. The molecule has 20 heavy (non-hydrogen) atoms. The van der Waals surface area contributed by atoms with Gasteiger partial charge >= 0.3 is 0 Å². The Kier molecular flexibility index (Phi) is 3.78. The summed E-state index contributed by atoms with van der Waals surface area (Å²) in [5, 5.41) is 7.20. The van der Waals surface area contributed by atoms with Crippen LogP contribution in [0.1, 0.15) is 11.1 Å². The molecule has 1 N–H and O–H groups in total. The molecule has 0 unspecified atom stereocenters. The van der Waals surface area contributed by atoms with Crippen molar-refractivity contribution in [2.75, 3.05) is 4.90 Å². The second-order valence-electron chi connectivity index (χ2n) is 4.76. The lowest BCUT2D eigenvalue weighted by atomic mass is 10.1. The van der Waals surface area contributed by atoms with Gasteiger partial charge in [0.1, 0.15) is 0 Å². The summed E-state index contributed by atoms with van der Waals surface area (Å²) in [4.78, 5) is 2.27. The first-order valence-electron chi connectivity index (χ1n) is 6.74. The number of aromatic amines is 1. The van der Waals surface area contributed by atoms with Crippen LogP contribution in [0.5, 0.6) is 0 Å². The number of aromatic nitrogens is 2. The maximum absolute atomic E-state index is 4.31. The van der Waals surface area contributed by atoms with Crippen LogP contribution in [-0.2, 0) is 13.1 Å². The number of hydrogen-bond acceptors (Lipinski definition) is 2. The number of anilines is 1. The molecule has 100 valence electrons. The second kappa shape index (κ2) is 6.06. The first-order valence-corrected chi connectivity index (χ1v) is 6.74. The van der Waals surface area contributed by atoms with E-state index in [-0.39, 0.29) is 0 Å². The third-order valence-corrected chi connectivity index (χ3v) is 3.24. The summed E-state index contributed by atoms with van der Waals surface area (Å²) < 4.78 is 0. The van der Waals surface area contributed by atoms with E-state index < -0.39 is 0 Å². The van der Waals surface area contributed by atoms with Gasteiger partial charge in [0, 0.05) is 25.4 Å². The largest absolute Gasteiger partial charge is 0.347 e. The molecule has 0 aliphatic heterocycles. The maximum Gasteiger partial charge on any atom is 0.150 e. The highest BCUT2D eigenvalue weighted by Gasteiger charge is 2.09. The Bertz CT molecular complexity index is 576. The number of hydrogen-bond donors (Lipinski definition) is 1. The zero-order chi connectivity index (χ0) is 13.6. The molecule has 3 aromatic rings. The number of rotatable bonds is 5. The molecule has 0 atom stereocenters. The molecule has 1 heterocycles. The predicted octanol–water partition coefficient (Wildman–Crippen LogP) is 3.62. The van der Waals surface area contributed by atoms with Crippen molar-refractivity contribution in [3.8, 4) is 0 Å². The van der Waals surface area contributed by atoms with E-state index in [2.05, 4.69) is 63.6 Å². The molecule has 0 aliphatic carbocycles. The molecular weight excluding hydrogens is 246 g/mol. The van der Waals surface area contributed by atoms with E-state index in [9.17, 15) is 0 Å². The van der Waals surface area contributed by atoms with E-state index in [0.717, 1.165) is 18.9 Å². The topological polar surface area (TPSA) is 31.9 Å². The fourth-order valence-corrected chi connectivity index (χ4v) is 2.25. The maximum atomic E-state index is 4.31. The van der Waals surface area contributed by atoms with Gasteiger partial charge in [-0.25, -0.2) is 0 Å². The molecule has 3 heteroatoms. The minimum atomic E-state index is 0.848. The van der Waals surface area contributed by atoms with E-state index in [1.54, 1.807) is 0 Å². The lowest BCUT2D eigenvalue weighted by Crippen LogP contribution is -2.22. The van der Waals surface area contributed by atoms with E-state index in [1.165, 1.54) is 11.1 Å². The first-order chi connectivity index (χ1) is 9.92. The van der Waals surface area contributed by atoms with Crippen LogP contribution in [0.2, 0.25) is 0 Å². The van der Waals surface area contributed by atoms with Crippen LogP contribution in [0.4, 0.5) is 5.82 Å². The van der Waals surface area contributed by atoms with Crippen LogP contribution in [0.15, 0.2) is 72.9 Å². The summed E-state index contributed by atoms with van der Waals surface area (Å²) in [6.07, 6.45) is 1.86. The Morgan fingerprint density at radius 2 is 1.30 bits per heavy atom. The summed E-state index contributed by atoms with van der Waals surface area (Å²) in [6, 6.07) is 22.9. The van der Waals surface area contributed by atoms with Crippen molar-refractivity contribution < 1.29 is 0 Å². The molecular formula is C17H17N3. The van der Waals surface area contributed by atoms with Crippen molar-refractivity contribution >= 4 is 5.82 Å². The molecule has 0 fully saturated rings. The number of nitrogens with one attached hydrogen (secondary N) is 1. The minimum absolute atomic E-state index is 0.848. The van der Waals surface area contributed by atoms with E-state index in [0.29, 0.717) is 0 Å². The van der Waals surface area contributed by atoms with Crippen molar-refractivity contribution in [1.29, 1.82) is 0 Å². The second-order valence-corrected chi connectivity index (χ2v) is 4.76. The Morgan fingerprint density at radius 1 is 0.750 bits per heavy atom. The molecule has 0 radical (unpaired) electrons. The zero-order valence-electron chi connectivity index (χ0n) is 11.2. The highest BCUT2D eigenvalue weighted by atomic mass is 15.3. The predicted molar refractivity (Wildman–Crippen MR) is 81.4 cm³/mol. The van der Waals surface area contributed by atoms with Crippen LogP contribution in [-0.4, -0.2) is 10.2 Å². The number of H-pyrrole nitrogens is 1. The van der Waals surface area contributed by atoms with Gasteiger partial charge in [0.15, 0.2) is 5.82 Å². The summed E-state index contributed by atoms with van der Waals surface area (Å²) >= 11 is 0. The monoisotopic (exact) mass is 263 g/mol. The average Bonchev–Trinajstić information content (AvgIpc) is 3.03. The Labute approximate surface area is 118 Å².